The second kappa shape index (κ2) is 8.04. The number of ether oxygens (including phenoxy) is 1. The van der Waals surface area contributed by atoms with Crippen molar-refractivity contribution in [1.82, 2.24) is 0 Å². The number of nitrogens with two attached hydrogens (primary N) is 1. The Labute approximate surface area is 129 Å². The van der Waals surface area contributed by atoms with E-state index in [0.29, 0.717) is 13.0 Å². The van der Waals surface area contributed by atoms with Crippen LogP contribution in [0.4, 0.5) is 0 Å². The third-order valence-electron chi connectivity index (χ3n) is 2.80. The topological polar surface area (TPSA) is 52.3 Å². The highest BCUT2D eigenvalue weighted by Crippen LogP contribution is 2.24. The summed E-state index contributed by atoms with van der Waals surface area (Å²) in [7, 11) is 0. The first-order valence-corrected chi connectivity index (χ1v) is 7.13. The van der Waals surface area contributed by atoms with Gasteiger partial charge in [-0.3, -0.25) is 4.79 Å². The molecule has 20 heavy (non-hydrogen) atoms. The lowest BCUT2D eigenvalue weighted by atomic mass is 10.0. The third-order valence-corrected chi connectivity index (χ3v) is 3.72. The van der Waals surface area contributed by atoms with Crippen LogP contribution in [0.15, 0.2) is 41.8 Å². The minimum Gasteiger partial charge on any atom is -0.465 e. The Morgan fingerprint density at radius 1 is 1.30 bits per heavy atom. The molecule has 2 aromatic rings. The maximum atomic E-state index is 11.5. The van der Waals surface area contributed by atoms with Crippen LogP contribution in [0.1, 0.15) is 12.5 Å². The number of carbonyl (C=O) groups is 1. The highest BCUT2D eigenvalue weighted by Gasteiger charge is 2.14. The van der Waals surface area contributed by atoms with Gasteiger partial charge in [0, 0.05) is 4.88 Å². The summed E-state index contributed by atoms with van der Waals surface area (Å²) in [5, 5.41) is 2.06. The summed E-state index contributed by atoms with van der Waals surface area (Å²) in [5.41, 5.74) is 8.02. The molecule has 3 nitrogen and oxygen atoms in total. The number of thiophene rings is 1. The zero-order valence-electron chi connectivity index (χ0n) is 11.2. The van der Waals surface area contributed by atoms with Gasteiger partial charge >= 0.3 is 5.97 Å². The molecule has 0 amide bonds. The van der Waals surface area contributed by atoms with Gasteiger partial charge in [-0.15, -0.1) is 23.7 Å². The predicted octanol–water partition coefficient (Wildman–Crippen LogP) is 3.27. The largest absolute Gasteiger partial charge is 0.465 e. The summed E-state index contributed by atoms with van der Waals surface area (Å²) in [6.07, 6.45) is 0.504. The lowest BCUT2D eigenvalue weighted by Gasteiger charge is -2.10. The normalized spacial score (nSPS) is 11.5. The summed E-state index contributed by atoms with van der Waals surface area (Å²) in [5.74, 6) is -0.343. The van der Waals surface area contributed by atoms with Gasteiger partial charge in [0.15, 0.2) is 0 Å². The third kappa shape index (κ3) is 4.34. The van der Waals surface area contributed by atoms with Crippen molar-refractivity contribution in [2.45, 2.75) is 19.4 Å². The van der Waals surface area contributed by atoms with Crippen molar-refractivity contribution in [1.29, 1.82) is 0 Å². The van der Waals surface area contributed by atoms with Gasteiger partial charge in [0.2, 0.25) is 0 Å². The maximum absolute atomic E-state index is 11.5. The lowest BCUT2D eigenvalue weighted by molar-refractivity contribution is -0.144. The average Bonchev–Trinajstić information content (AvgIpc) is 2.94. The van der Waals surface area contributed by atoms with Crippen LogP contribution in [0, 0.1) is 0 Å². The van der Waals surface area contributed by atoms with E-state index in [1.54, 1.807) is 18.3 Å². The molecule has 1 unspecified atom stereocenters. The van der Waals surface area contributed by atoms with Crippen molar-refractivity contribution in [2.24, 2.45) is 5.73 Å². The number of carbonyl (C=O) groups excluding carboxylic acids is 1. The lowest BCUT2D eigenvalue weighted by Crippen LogP contribution is -2.34. The zero-order valence-corrected chi connectivity index (χ0v) is 12.9. The molecule has 1 aromatic heterocycles. The van der Waals surface area contributed by atoms with Gasteiger partial charge in [0.1, 0.15) is 6.04 Å². The van der Waals surface area contributed by atoms with Gasteiger partial charge in [0.05, 0.1) is 6.61 Å². The molecular formula is C15H18ClNO2S. The Kier molecular flexibility index (Phi) is 6.71. The Bertz CT molecular complexity index is 525. The average molecular weight is 312 g/mol. The number of rotatable bonds is 5. The van der Waals surface area contributed by atoms with E-state index in [9.17, 15) is 4.79 Å². The molecule has 1 heterocycles. The molecule has 0 aliphatic heterocycles. The first-order chi connectivity index (χ1) is 9.20. The Hall–Kier alpha value is -1.36. The molecule has 0 aliphatic rings. The molecule has 0 bridgehead atoms. The van der Waals surface area contributed by atoms with Crippen molar-refractivity contribution >= 4 is 29.7 Å². The van der Waals surface area contributed by atoms with Gasteiger partial charge < -0.3 is 10.5 Å². The van der Waals surface area contributed by atoms with E-state index in [2.05, 4.69) is 23.6 Å². The quantitative estimate of drug-likeness (QED) is 0.862. The van der Waals surface area contributed by atoms with Crippen LogP contribution in [-0.2, 0) is 16.0 Å². The van der Waals surface area contributed by atoms with Crippen LogP contribution in [0.5, 0.6) is 0 Å². The van der Waals surface area contributed by atoms with Crippen LogP contribution in [0.25, 0.3) is 10.4 Å². The predicted molar refractivity (Wildman–Crippen MR) is 85.3 cm³/mol. The van der Waals surface area contributed by atoms with Crippen LogP contribution in [0.2, 0.25) is 0 Å². The molecule has 0 aliphatic carbocycles. The second-order valence-corrected chi connectivity index (χ2v) is 5.18. The number of hydrogen-bond donors (Lipinski definition) is 1. The Morgan fingerprint density at radius 2 is 2.00 bits per heavy atom. The van der Waals surface area contributed by atoms with Crippen LogP contribution < -0.4 is 5.73 Å². The van der Waals surface area contributed by atoms with Crippen LogP contribution in [0.3, 0.4) is 0 Å². The van der Waals surface area contributed by atoms with Crippen molar-refractivity contribution in [3.05, 3.63) is 47.3 Å². The smallest absolute Gasteiger partial charge is 0.323 e. The summed E-state index contributed by atoms with van der Waals surface area (Å²) in [4.78, 5) is 12.7. The first-order valence-electron chi connectivity index (χ1n) is 6.25. The van der Waals surface area contributed by atoms with Gasteiger partial charge in [-0.2, -0.15) is 0 Å². The summed E-state index contributed by atoms with van der Waals surface area (Å²) >= 11 is 1.71. The van der Waals surface area contributed by atoms with Crippen molar-refractivity contribution in [2.75, 3.05) is 6.61 Å². The van der Waals surface area contributed by atoms with E-state index in [0.717, 1.165) is 5.56 Å². The molecule has 1 atom stereocenters. The fourth-order valence-electron chi connectivity index (χ4n) is 1.83. The van der Waals surface area contributed by atoms with E-state index in [1.807, 2.05) is 18.2 Å². The first kappa shape index (κ1) is 16.7. The van der Waals surface area contributed by atoms with Crippen molar-refractivity contribution in [3.8, 4) is 10.4 Å². The molecule has 108 valence electrons. The fraction of sp³-hybridized carbons (Fsp3) is 0.267. The van der Waals surface area contributed by atoms with Gasteiger partial charge in [-0.25, -0.2) is 0 Å². The van der Waals surface area contributed by atoms with Crippen molar-refractivity contribution in [3.63, 3.8) is 0 Å². The van der Waals surface area contributed by atoms with E-state index in [-0.39, 0.29) is 18.4 Å². The Morgan fingerprint density at radius 3 is 2.55 bits per heavy atom. The van der Waals surface area contributed by atoms with Crippen LogP contribution >= 0.6 is 23.7 Å². The van der Waals surface area contributed by atoms with E-state index >= 15 is 0 Å². The molecular weight excluding hydrogens is 294 g/mol. The highest BCUT2D eigenvalue weighted by atomic mass is 35.5. The molecule has 2 rings (SSSR count). The standard InChI is InChI=1S/C15H17NO2S.ClH/c1-2-18-15(17)13(16)10-11-5-7-12(8-6-11)14-4-3-9-19-14;/h3-9,13H,2,10,16H2,1H3;1H. The molecule has 0 spiro atoms. The van der Waals surface area contributed by atoms with E-state index < -0.39 is 6.04 Å². The fourth-order valence-corrected chi connectivity index (χ4v) is 2.57. The summed E-state index contributed by atoms with van der Waals surface area (Å²) in [6, 6.07) is 11.7. The second-order valence-electron chi connectivity index (χ2n) is 4.24. The zero-order chi connectivity index (χ0) is 13.7. The van der Waals surface area contributed by atoms with E-state index in [1.165, 1.54) is 10.4 Å². The monoisotopic (exact) mass is 311 g/mol. The number of esters is 1. The van der Waals surface area contributed by atoms with Gasteiger partial charge in [-0.1, -0.05) is 30.3 Å². The molecule has 1 aromatic carbocycles. The molecule has 0 saturated heterocycles. The molecule has 0 radical (unpaired) electrons. The maximum Gasteiger partial charge on any atom is 0.323 e. The summed E-state index contributed by atoms with van der Waals surface area (Å²) in [6.45, 7) is 2.14. The van der Waals surface area contributed by atoms with Gasteiger partial charge in [-0.05, 0) is 35.9 Å². The molecule has 2 N–H and O–H groups in total. The van der Waals surface area contributed by atoms with Gasteiger partial charge in [0.25, 0.3) is 0 Å². The minimum atomic E-state index is -0.590. The SMILES string of the molecule is CCOC(=O)C(N)Cc1ccc(-c2cccs2)cc1.Cl. The number of benzene rings is 1. The molecule has 5 heteroatoms. The van der Waals surface area contributed by atoms with Crippen LogP contribution in [-0.4, -0.2) is 18.6 Å². The highest BCUT2D eigenvalue weighted by molar-refractivity contribution is 7.13. The summed E-state index contributed by atoms with van der Waals surface area (Å²) < 4.78 is 4.90. The molecule has 0 fully saturated rings. The van der Waals surface area contributed by atoms with Crippen molar-refractivity contribution < 1.29 is 9.53 Å². The number of halogens is 1. The molecule has 0 saturated carbocycles. The van der Waals surface area contributed by atoms with E-state index in [4.69, 9.17) is 10.5 Å². The number of hydrogen-bond acceptors (Lipinski definition) is 4. The minimum absolute atomic E-state index is 0. The Balaban J connectivity index is 0.00000200.